The van der Waals surface area contributed by atoms with Gasteiger partial charge in [-0.05, 0) is 23.8 Å². The molecular formula is C10H10ClN3O4S2. The van der Waals surface area contributed by atoms with Crippen LogP contribution in [0.4, 0.5) is 0 Å². The highest BCUT2D eigenvalue weighted by Gasteiger charge is 2.15. The Hall–Kier alpha value is -1.42. The van der Waals surface area contributed by atoms with Crippen molar-refractivity contribution in [2.45, 2.75) is 16.5 Å². The SMILES string of the molecule is O=S(=O)(Cl)c1ccc(CNS(=O)(=O)c2ccn[nH]2)cc1. The highest BCUT2D eigenvalue weighted by atomic mass is 35.7. The number of H-pyrrole nitrogens is 1. The molecule has 2 aromatic rings. The molecule has 108 valence electrons. The summed E-state index contributed by atoms with van der Waals surface area (Å²) in [4.78, 5) is -0.0423. The van der Waals surface area contributed by atoms with Crippen molar-refractivity contribution >= 4 is 29.8 Å². The van der Waals surface area contributed by atoms with E-state index in [-0.39, 0.29) is 16.5 Å². The molecule has 0 aliphatic heterocycles. The number of halogens is 1. The number of benzene rings is 1. The third-order valence-corrected chi connectivity index (χ3v) is 5.14. The van der Waals surface area contributed by atoms with Crippen LogP contribution in [0.5, 0.6) is 0 Å². The second kappa shape index (κ2) is 5.52. The summed E-state index contributed by atoms with van der Waals surface area (Å²) >= 11 is 0. The Morgan fingerprint density at radius 2 is 1.75 bits per heavy atom. The van der Waals surface area contributed by atoms with Crippen LogP contribution in [-0.4, -0.2) is 27.0 Å². The summed E-state index contributed by atoms with van der Waals surface area (Å²) < 4.78 is 48.1. The first-order valence-electron chi connectivity index (χ1n) is 5.32. The lowest BCUT2D eigenvalue weighted by Crippen LogP contribution is -2.23. The third kappa shape index (κ3) is 3.57. The highest BCUT2D eigenvalue weighted by Crippen LogP contribution is 2.15. The van der Waals surface area contributed by atoms with Gasteiger partial charge < -0.3 is 0 Å². The fraction of sp³-hybridized carbons (Fsp3) is 0.100. The maximum Gasteiger partial charge on any atom is 0.261 e. The zero-order chi connectivity index (χ0) is 14.8. The van der Waals surface area contributed by atoms with E-state index >= 15 is 0 Å². The minimum Gasteiger partial charge on any atom is -0.266 e. The number of rotatable bonds is 5. The van der Waals surface area contributed by atoms with E-state index in [9.17, 15) is 16.8 Å². The van der Waals surface area contributed by atoms with E-state index in [0.29, 0.717) is 5.56 Å². The van der Waals surface area contributed by atoms with Crippen molar-refractivity contribution < 1.29 is 16.8 Å². The van der Waals surface area contributed by atoms with Crippen LogP contribution in [0.3, 0.4) is 0 Å². The summed E-state index contributed by atoms with van der Waals surface area (Å²) in [5.74, 6) is 0. The molecule has 0 saturated heterocycles. The molecule has 0 radical (unpaired) electrons. The fourth-order valence-electron chi connectivity index (χ4n) is 1.42. The first-order chi connectivity index (χ1) is 9.29. The lowest BCUT2D eigenvalue weighted by Gasteiger charge is -2.05. The smallest absolute Gasteiger partial charge is 0.261 e. The molecule has 1 aromatic heterocycles. The molecule has 1 aromatic carbocycles. The molecule has 0 fully saturated rings. The summed E-state index contributed by atoms with van der Waals surface area (Å²) in [5.41, 5.74) is 0.595. The summed E-state index contributed by atoms with van der Waals surface area (Å²) in [6, 6.07) is 6.89. The van der Waals surface area contributed by atoms with E-state index in [0.717, 1.165) is 0 Å². The second-order valence-corrected chi connectivity index (χ2v) is 8.13. The third-order valence-electron chi connectivity index (χ3n) is 2.44. The van der Waals surface area contributed by atoms with Crippen molar-refractivity contribution in [3.8, 4) is 0 Å². The second-order valence-electron chi connectivity index (χ2n) is 3.83. The lowest BCUT2D eigenvalue weighted by atomic mass is 10.2. The van der Waals surface area contributed by atoms with Gasteiger partial charge in [-0.3, -0.25) is 5.10 Å². The number of hydrogen-bond donors (Lipinski definition) is 2. The van der Waals surface area contributed by atoms with Crippen LogP contribution in [0.1, 0.15) is 5.56 Å². The van der Waals surface area contributed by atoms with Gasteiger partial charge in [0.2, 0.25) is 0 Å². The molecule has 2 N–H and O–H groups in total. The molecule has 2 rings (SSSR count). The Balaban J connectivity index is 2.09. The maximum absolute atomic E-state index is 11.8. The standard InChI is InChI=1S/C10H10ClN3O4S2/c11-19(15,16)9-3-1-8(2-4-9)7-13-20(17,18)10-5-6-12-14-10/h1-6,13H,7H2,(H,12,14). The van der Waals surface area contributed by atoms with Gasteiger partial charge in [0.1, 0.15) is 0 Å². The normalized spacial score (nSPS) is 12.4. The minimum atomic E-state index is -3.78. The molecule has 0 aliphatic carbocycles. The molecule has 0 bridgehead atoms. The number of sulfonamides is 1. The van der Waals surface area contributed by atoms with Crippen LogP contribution in [-0.2, 0) is 25.6 Å². The van der Waals surface area contributed by atoms with Crippen molar-refractivity contribution in [1.29, 1.82) is 0 Å². The predicted octanol–water partition coefficient (Wildman–Crippen LogP) is 0.816. The molecular weight excluding hydrogens is 326 g/mol. The van der Waals surface area contributed by atoms with Gasteiger partial charge in [0, 0.05) is 17.2 Å². The van der Waals surface area contributed by atoms with Gasteiger partial charge in [0.15, 0.2) is 5.03 Å². The van der Waals surface area contributed by atoms with Crippen molar-refractivity contribution in [3.05, 3.63) is 42.1 Å². The van der Waals surface area contributed by atoms with E-state index < -0.39 is 19.1 Å². The monoisotopic (exact) mass is 335 g/mol. The number of aromatic nitrogens is 2. The fourth-order valence-corrected chi connectivity index (χ4v) is 3.11. The summed E-state index contributed by atoms with van der Waals surface area (Å²) in [7, 11) is -2.27. The molecule has 0 spiro atoms. The highest BCUT2D eigenvalue weighted by molar-refractivity contribution is 8.13. The van der Waals surface area contributed by atoms with Crippen molar-refractivity contribution in [3.63, 3.8) is 0 Å². The Labute approximate surface area is 120 Å². The molecule has 0 amide bonds. The van der Waals surface area contributed by atoms with Crippen LogP contribution in [0, 0.1) is 0 Å². The first-order valence-corrected chi connectivity index (χ1v) is 9.11. The van der Waals surface area contributed by atoms with E-state index in [1.165, 1.54) is 36.5 Å². The molecule has 0 aliphatic rings. The number of aromatic amines is 1. The van der Waals surface area contributed by atoms with Crippen molar-refractivity contribution in [2.75, 3.05) is 0 Å². The van der Waals surface area contributed by atoms with E-state index in [4.69, 9.17) is 10.7 Å². The van der Waals surface area contributed by atoms with Crippen molar-refractivity contribution in [2.24, 2.45) is 0 Å². The van der Waals surface area contributed by atoms with E-state index in [1.54, 1.807) is 0 Å². The Morgan fingerprint density at radius 3 is 2.25 bits per heavy atom. The first kappa shape index (κ1) is 15.0. The Morgan fingerprint density at radius 1 is 1.10 bits per heavy atom. The molecule has 20 heavy (non-hydrogen) atoms. The van der Waals surface area contributed by atoms with Gasteiger partial charge in [-0.2, -0.15) is 5.10 Å². The lowest BCUT2D eigenvalue weighted by molar-refractivity contribution is 0.576. The summed E-state index contributed by atoms with van der Waals surface area (Å²) in [6.45, 7) is 0.0178. The van der Waals surface area contributed by atoms with Gasteiger partial charge in [-0.15, -0.1) is 0 Å². The van der Waals surface area contributed by atoms with Crippen LogP contribution in [0.2, 0.25) is 0 Å². The van der Waals surface area contributed by atoms with Gasteiger partial charge in [0.25, 0.3) is 19.1 Å². The maximum atomic E-state index is 11.8. The van der Waals surface area contributed by atoms with Gasteiger partial charge >= 0.3 is 0 Å². The van der Waals surface area contributed by atoms with Gasteiger partial charge in [0.05, 0.1) is 11.1 Å². The predicted molar refractivity (Wildman–Crippen MR) is 72.1 cm³/mol. The quantitative estimate of drug-likeness (QED) is 0.786. The summed E-state index contributed by atoms with van der Waals surface area (Å²) in [6.07, 6.45) is 1.33. The largest absolute Gasteiger partial charge is 0.266 e. The van der Waals surface area contributed by atoms with Gasteiger partial charge in [-0.1, -0.05) is 12.1 Å². The molecule has 7 nitrogen and oxygen atoms in total. The minimum absolute atomic E-state index is 0.0178. The van der Waals surface area contributed by atoms with Gasteiger partial charge in [-0.25, -0.2) is 21.6 Å². The van der Waals surface area contributed by atoms with Crippen LogP contribution >= 0.6 is 10.7 Å². The molecule has 0 saturated carbocycles. The molecule has 1 heterocycles. The van der Waals surface area contributed by atoms with Crippen LogP contribution < -0.4 is 4.72 Å². The zero-order valence-corrected chi connectivity index (χ0v) is 12.3. The Bertz CT molecular complexity index is 784. The summed E-state index contributed by atoms with van der Waals surface area (Å²) in [5, 5.41) is 5.86. The number of nitrogens with one attached hydrogen (secondary N) is 2. The molecule has 0 unspecified atom stereocenters. The van der Waals surface area contributed by atoms with Crippen LogP contribution in [0.15, 0.2) is 46.5 Å². The number of hydrogen-bond acceptors (Lipinski definition) is 5. The number of nitrogens with zero attached hydrogens (tertiary/aromatic N) is 1. The molecule has 0 atom stereocenters. The van der Waals surface area contributed by atoms with Crippen molar-refractivity contribution in [1.82, 2.24) is 14.9 Å². The van der Waals surface area contributed by atoms with E-state index in [2.05, 4.69) is 14.9 Å². The van der Waals surface area contributed by atoms with E-state index in [1.807, 2.05) is 0 Å². The zero-order valence-electron chi connectivity index (χ0n) is 9.95. The average molecular weight is 336 g/mol. The average Bonchev–Trinajstić information content (AvgIpc) is 2.90. The topological polar surface area (TPSA) is 109 Å². The Kier molecular flexibility index (Phi) is 4.14. The van der Waals surface area contributed by atoms with Crippen LogP contribution in [0.25, 0.3) is 0 Å². The molecule has 10 heteroatoms.